The molecular weight excluding hydrogens is 156 g/mol. The van der Waals surface area contributed by atoms with Gasteiger partial charge in [0.05, 0.1) is 12.2 Å². The van der Waals surface area contributed by atoms with Crippen molar-refractivity contribution in [3.63, 3.8) is 0 Å². The van der Waals surface area contributed by atoms with Gasteiger partial charge < -0.3 is 21.3 Å². The molecule has 0 amide bonds. The Morgan fingerprint density at radius 3 is 2.42 bits per heavy atom. The zero-order chi connectivity index (χ0) is 9.30. The Balaban J connectivity index is 2.65. The first kappa shape index (κ1) is 9.92. The Kier molecular flexibility index (Phi) is 3.06. The van der Waals surface area contributed by atoms with Crippen molar-refractivity contribution in [1.29, 1.82) is 0 Å². The van der Waals surface area contributed by atoms with E-state index < -0.39 is 6.10 Å². The molecule has 1 fully saturated rings. The van der Waals surface area contributed by atoms with Crippen molar-refractivity contribution in [1.82, 2.24) is 0 Å². The number of ether oxygens (including phenoxy) is 1. The second-order valence-corrected chi connectivity index (χ2v) is 3.61. The number of hydrogen-bond donors (Lipinski definition) is 3. The van der Waals surface area contributed by atoms with Gasteiger partial charge in [0.25, 0.3) is 0 Å². The molecule has 1 rings (SSSR count). The van der Waals surface area contributed by atoms with E-state index in [9.17, 15) is 5.11 Å². The van der Waals surface area contributed by atoms with Crippen LogP contribution < -0.4 is 11.5 Å². The smallest absolute Gasteiger partial charge is 0.0773 e. The molecule has 0 bridgehead atoms. The Morgan fingerprint density at radius 2 is 1.92 bits per heavy atom. The predicted molar refractivity (Wildman–Crippen MR) is 46.5 cm³/mol. The molecule has 12 heavy (non-hydrogen) atoms. The summed E-state index contributed by atoms with van der Waals surface area (Å²) in [5.41, 5.74) is 11.5. The molecule has 0 heterocycles. The molecule has 1 aliphatic carbocycles. The van der Waals surface area contributed by atoms with Crippen LogP contribution in [0.4, 0.5) is 0 Å². The quantitative estimate of drug-likeness (QED) is 0.479. The third-order valence-electron chi connectivity index (χ3n) is 2.73. The average molecular weight is 174 g/mol. The van der Waals surface area contributed by atoms with E-state index >= 15 is 0 Å². The maximum absolute atomic E-state index is 9.60. The van der Waals surface area contributed by atoms with Gasteiger partial charge in [0, 0.05) is 25.1 Å². The van der Waals surface area contributed by atoms with Gasteiger partial charge in [-0.1, -0.05) is 6.92 Å². The summed E-state index contributed by atoms with van der Waals surface area (Å²) in [6.07, 6.45) is 0.0684. The lowest BCUT2D eigenvalue weighted by Gasteiger charge is -2.40. The molecule has 0 aromatic rings. The van der Waals surface area contributed by atoms with Crippen LogP contribution in [0.3, 0.4) is 0 Å². The summed E-state index contributed by atoms with van der Waals surface area (Å²) < 4.78 is 5.19. The predicted octanol–water partition coefficient (Wildman–Crippen LogP) is -0.943. The van der Waals surface area contributed by atoms with E-state index in [-0.39, 0.29) is 24.1 Å². The lowest BCUT2D eigenvalue weighted by atomic mass is 9.79. The van der Waals surface area contributed by atoms with Gasteiger partial charge in [-0.15, -0.1) is 0 Å². The van der Waals surface area contributed by atoms with Crippen molar-refractivity contribution >= 4 is 0 Å². The zero-order valence-electron chi connectivity index (χ0n) is 7.60. The van der Waals surface area contributed by atoms with Gasteiger partial charge in [-0.3, -0.25) is 0 Å². The van der Waals surface area contributed by atoms with Crippen LogP contribution in [0.25, 0.3) is 0 Å². The average Bonchev–Trinajstić information content (AvgIpc) is 2.01. The fraction of sp³-hybridized carbons (Fsp3) is 1.00. The lowest BCUT2D eigenvalue weighted by Crippen LogP contribution is -2.57. The van der Waals surface area contributed by atoms with Gasteiger partial charge >= 0.3 is 0 Å². The molecule has 0 aromatic heterocycles. The summed E-state index contributed by atoms with van der Waals surface area (Å²) in [5, 5.41) is 9.60. The number of aliphatic hydroxyl groups excluding tert-OH is 1. The number of aliphatic hydroxyl groups is 1. The van der Waals surface area contributed by atoms with Gasteiger partial charge in [-0.2, -0.15) is 0 Å². The highest BCUT2D eigenvalue weighted by molar-refractivity contribution is 4.95. The molecule has 1 saturated carbocycles. The maximum Gasteiger partial charge on any atom is 0.0773 e. The number of hydrogen-bond acceptors (Lipinski definition) is 4. The summed E-state index contributed by atoms with van der Waals surface area (Å²) in [7, 11) is 1.62. The van der Waals surface area contributed by atoms with Crippen LogP contribution in [-0.4, -0.2) is 36.5 Å². The van der Waals surface area contributed by atoms with Gasteiger partial charge in [-0.25, -0.2) is 0 Å². The molecule has 0 aromatic carbocycles. The minimum atomic E-state index is -0.491. The van der Waals surface area contributed by atoms with Crippen LogP contribution in [0.1, 0.15) is 13.3 Å². The van der Waals surface area contributed by atoms with E-state index in [1.807, 2.05) is 6.92 Å². The molecular formula is C8H18N2O2. The maximum atomic E-state index is 9.60. The van der Waals surface area contributed by atoms with Crippen molar-refractivity contribution in [3.8, 4) is 0 Å². The molecule has 0 aliphatic heterocycles. The first-order chi connectivity index (χ1) is 5.57. The summed E-state index contributed by atoms with van der Waals surface area (Å²) in [4.78, 5) is 0. The van der Waals surface area contributed by atoms with Crippen LogP contribution in [-0.2, 0) is 4.74 Å². The topological polar surface area (TPSA) is 81.5 Å². The Bertz CT molecular complexity index is 154. The third-order valence-corrected chi connectivity index (χ3v) is 2.73. The highest BCUT2D eigenvalue weighted by Crippen LogP contribution is 2.25. The number of nitrogens with two attached hydrogens (primary N) is 2. The van der Waals surface area contributed by atoms with Crippen molar-refractivity contribution in [3.05, 3.63) is 0 Å². The minimum absolute atomic E-state index is 0.0220. The largest absolute Gasteiger partial charge is 0.391 e. The highest BCUT2D eigenvalue weighted by Gasteiger charge is 2.38. The van der Waals surface area contributed by atoms with Gasteiger partial charge in [-0.05, 0) is 6.42 Å². The van der Waals surface area contributed by atoms with E-state index in [2.05, 4.69) is 0 Å². The molecule has 0 saturated heterocycles. The van der Waals surface area contributed by atoms with Crippen LogP contribution in [0.15, 0.2) is 0 Å². The molecule has 5 unspecified atom stereocenters. The van der Waals surface area contributed by atoms with Crippen LogP contribution in [0.2, 0.25) is 0 Å². The lowest BCUT2D eigenvalue weighted by molar-refractivity contribution is -0.0578. The highest BCUT2D eigenvalue weighted by atomic mass is 16.5. The Labute approximate surface area is 72.9 Å². The third kappa shape index (κ3) is 1.61. The molecule has 4 nitrogen and oxygen atoms in total. The minimum Gasteiger partial charge on any atom is -0.391 e. The Morgan fingerprint density at radius 1 is 1.33 bits per heavy atom. The zero-order valence-corrected chi connectivity index (χ0v) is 7.60. The van der Waals surface area contributed by atoms with Gasteiger partial charge in [0.1, 0.15) is 0 Å². The first-order valence-corrected chi connectivity index (χ1v) is 4.30. The van der Waals surface area contributed by atoms with Crippen LogP contribution in [0.5, 0.6) is 0 Å². The van der Waals surface area contributed by atoms with E-state index in [1.165, 1.54) is 0 Å². The Hall–Kier alpha value is -0.160. The van der Waals surface area contributed by atoms with Gasteiger partial charge in [0.15, 0.2) is 0 Å². The summed E-state index contributed by atoms with van der Waals surface area (Å²) >= 11 is 0. The van der Waals surface area contributed by atoms with Crippen molar-refractivity contribution in [2.24, 2.45) is 17.4 Å². The van der Waals surface area contributed by atoms with Crippen molar-refractivity contribution in [2.45, 2.75) is 37.6 Å². The standard InChI is InChI=1S/C8H18N2O2/c1-4-7(11)5(9)3-6(10)8(4)12-2/h4-8,11H,3,9-10H2,1-2H3. The SMILES string of the molecule is COC1C(N)CC(N)C(O)C1C. The van der Waals surface area contributed by atoms with Gasteiger partial charge in [0.2, 0.25) is 0 Å². The molecule has 1 aliphatic rings. The van der Waals surface area contributed by atoms with E-state index in [1.54, 1.807) is 7.11 Å². The molecule has 72 valence electrons. The second kappa shape index (κ2) is 3.70. The fourth-order valence-electron chi connectivity index (χ4n) is 1.95. The second-order valence-electron chi connectivity index (χ2n) is 3.61. The van der Waals surface area contributed by atoms with Crippen LogP contribution in [0, 0.1) is 5.92 Å². The first-order valence-electron chi connectivity index (χ1n) is 4.30. The van der Waals surface area contributed by atoms with E-state index in [0.29, 0.717) is 6.42 Å². The monoisotopic (exact) mass is 174 g/mol. The summed E-state index contributed by atoms with van der Waals surface area (Å²) in [6.45, 7) is 1.91. The van der Waals surface area contributed by atoms with E-state index in [0.717, 1.165) is 0 Å². The summed E-state index contributed by atoms with van der Waals surface area (Å²) in [6, 6.07) is -0.259. The van der Waals surface area contributed by atoms with Crippen molar-refractivity contribution < 1.29 is 9.84 Å². The van der Waals surface area contributed by atoms with E-state index in [4.69, 9.17) is 16.2 Å². The van der Waals surface area contributed by atoms with Crippen LogP contribution >= 0.6 is 0 Å². The molecule has 0 spiro atoms. The van der Waals surface area contributed by atoms with Crippen molar-refractivity contribution in [2.75, 3.05) is 7.11 Å². The summed E-state index contributed by atoms with van der Waals surface area (Å²) in [5.74, 6) is 0.0220. The molecule has 5 N–H and O–H groups in total. The fourth-order valence-corrected chi connectivity index (χ4v) is 1.95. The molecule has 4 heteroatoms. The number of methoxy groups -OCH3 is 1. The normalized spacial score (nSPS) is 49.2. The number of rotatable bonds is 1. The molecule has 5 atom stereocenters. The molecule has 0 radical (unpaired) electrons.